The van der Waals surface area contributed by atoms with Gasteiger partial charge in [-0.1, -0.05) is 29.5 Å². The topological polar surface area (TPSA) is 88.8 Å². The quantitative estimate of drug-likeness (QED) is 0.432. The van der Waals surface area contributed by atoms with Crippen LogP contribution in [0, 0.1) is 17.0 Å². The van der Waals surface area contributed by atoms with E-state index in [-0.39, 0.29) is 11.3 Å². The highest BCUT2D eigenvalue weighted by molar-refractivity contribution is 7.22. The zero-order chi connectivity index (χ0) is 21.1. The minimum Gasteiger partial charge on any atom is -0.494 e. The van der Waals surface area contributed by atoms with Gasteiger partial charge in [0.25, 0.3) is 11.6 Å². The number of para-hydroxylation sites is 1. The molecule has 3 aromatic rings. The number of anilines is 1. The molecule has 9 heteroatoms. The Bertz CT molecular complexity index is 1060. The van der Waals surface area contributed by atoms with Crippen LogP contribution in [-0.4, -0.2) is 55.0 Å². The second kappa shape index (κ2) is 8.54. The molecule has 1 heterocycles. The molecular weight excluding hydrogens is 392 g/mol. The zero-order valence-corrected chi connectivity index (χ0v) is 17.5. The van der Waals surface area contributed by atoms with Crippen LogP contribution in [0.15, 0.2) is 36.4 Å². The highest BCUT2D eigenvalue weighted by Gasteiger charge is 2.28. The van der Waals surface area contributed by atoms with Gasteiger partial charge in [0.05, 0.1) is 16.7 Å². The number of ether oxygens (including phenoxy) is 1. The summed E-state index contributed by atoms with van der Waals surface area (Å²) >= 11 is 1.38. The number of fused-ring (bicyclic) bond motifs is 1. The number of hydrogen-bond donors (Lipinski definition) is 0. The van der Waals surface area contributed by atoms with E-state index in [4.69, 9.17) is 4.74 Å². The first-order valence-electron chi connectivity index (χ1n) is 8.97. The third kappa shape index (κ3) is 4.20. The van der Waals surface area contributed by atoms with Crippen molar-refractivity contribution in [3.8, 4) is 5.75 Å². The molecule has 0 aliphatic carbocycles. The van der Waals surface area contributed by atoms with Gasteiger partial charge in [0.15, 0.2) is 5.13 Å². The van der Waals surface area contributed by atoms with Crippen LogP contribution >= 0.6 is 11.3 Å². The number of methoxy groups -OCH3 is 1. The number of rotatable bonds is 7. The number of nitro groups is 1. The fraction of sp³-hybridized carbons (Fsp3) is 0.300. The summed E-state index contributed by atoms with van der Waals surface area (Å²) < 4.78 is 6.33. The number of nitrogens with zero attached hydrogens (tertiary/aromatic N) is 4. The standard InChI is InChI=1S/C20H22N4O4S/c1-13-9-10-16(28-4)17-18(13)29-20(21-17)23(12-11-22(2)3)19(25)14-7-5-6-8-15(14)24(26)27/h5-10H,11-12H2,1-4H3. The van der Waals surface area contributed by atoms with Crippen molar-refractivity contribution >= 4 is 38.3 Å². The van der Waals surface area contributed by atoms with Crippen molar-refractivity contribution in [1.29, 1.82) is 0 Å². The minimum absolute atomic E-state index is 0.0409. The molecule has 0 radical (unpaired) electrons. The molecule has 0 atom stereocenters. The highest BCUT2D eigenvalue weighted by atomic mass is 32.1. The summed E-state index contributed by atoms with van der Waals surface area (Å²) in [4.78, 5) is 32.3. The third-order valence-corrected chi connectivity index (χ3v) is 5.70. The van der Waals surface area contributed by atoms with Gasteiger partial charge in [-0.2, -0.15) is 0 Å². The molecule has 0 aliphatic heterocycles. The summed E-state index contributed by atoms with van der Waals surface area (Å²) in [7, 11) is 5.38. The lowest BCUT2D eigenvalue weighted by Gasteiger charge is -2.22. The van der Waals surface area contributed by atoms with E-state index >= 15 is 0 Å². The molecule has 0 fully saturated rings. The molecule has 0 saturated carbocycles. The van der Waals surface area contributed by atoms with Crippen molar-refractivity contribution in [2.75, 3.05) is 39.2 Å². The molecule has 0 N–H and O–H groups in total. The summed E-state index contributed by atoms with van der Waals surface area (Å²) in [5.41, 5.74) is 1.52. The van der Waals surface area contributed by atoms with Gasteiger partial charge in [0.2, 0.25) is 0 Å². The monoisotopic (exact) mass is 414 g/mol. The largest absolute Gasteiger partial charge is 0.494 e. The Morgan fingerprint density at radius 1 is 1.21 bits per heavy atom. The van der Waals surface area contributed by atoms with Crippen molar-refractivity contribution in [2.45, 2.75) is 6.92 Å². The third-order valence-electron chi connectivity index (χ3n) is 4.49. The van der Waals surface area contributed by atoms with Crippen LogP contribution in [0.5, 0.6) is 5.75 Å². The van der Waals surface area contributed by atoms with Crippen LogP contribution in [-0.2, 0) is 0 Å². The molecule has 1 amide bonds. The van der Waals surface area contributed by atoms with Gasteiger partial charge in [-0.3, -0.25) is 19.8 Å². The van der Waals surface area contributed by atoms with Gasteiger partial charge < -0.3 is 9.64 Å². The van der Waals surface area contributed by atoms with Crippen molar-refractivity contribution in [2.24, 2.45) is 0 Å². The summed E-state index contributed by atoms with van der Waals surface area (Å²) in [5.74, 6) is 0.175. The predicted molar refractivity (Wildman–Crippen MR) is 114 cm³/mol. The maximum atomic E-state index is 13.3. The number of aryl methyl sites for hydroxylation is 1. The summed E-state index contributed by atoms with van der Waals surface area (Å²) in [6, 6.07) is 9.76. The van der Waals surface area contributed by atoms with E-state index in [1.165, 1.54) is 28.4 Å². The summed E-state index contributed by atoms with van der Waals surface area (Å²) in [6.07, 6.45) is 0. The van der Waals surface area contributed by atoms with Gasteiger partial charge in [0.1, 0.15) is 16.8 Å². The number of likely N-dealkylation sites (N-methyl/N-ethyl adjacent to an activating group) is 1. The van der Waals surface area contributed by atoms with E-state index in [1.807, 2.05) is 38.1 Å². The van der Waals surface area contributed by atoms with Crippen molar-refractivity contribution < 1.29 is 14.5 Å². The number of aromatic nitrogens is 1. The maximum Gasteiger partial charge on any atom is 0.282 e. The Hall–Kier alpha value is -3.04. The average Bonchev–Trinajstić information content (AvgIpc) is 3.14. The second-order valence-electron chi connectivity index (χ2n) is 6.79. The van der Waals surface area contributed by atoms with E-state index in [0.29, 0.717) is 29.5 Å². The Morgan fingerprint density at radius 2 is 1.93 bits per heavy atom. The lowest BCUT2D eigenvalue weighted by Crippen LogP contribution is -2.37. The number of thiazole rings is 1. The molecule has 0 unspecified atom stereocenters. The fourth-order valence-electron chi connectivity index (χ4n) is 2.92. The van der Waals surface area contributed by atoms with Gasteiger partial charge in [-0.15, -0.1) is 0 Å². The van der Waals surface area contributed by atoms with Crippen LogP contribution in [0.2, 0.25) is 0 Å². The molecule has 29 heavy (non-hydrogen) atoms. The van der Waals surface area contributed by atoms with E-state index in [9.17, 15) is 14.9 Å². The number of carbonyl (C=O) groups is 1. The molecule has 3 rings (SSSR count). The van der Waals surface area contributed by atoms with Gasteiger partial charge in [-0.05, 0) is 38.7 Å². The Morgan fingerprint density at radius 3 is 2.59 bits per heavy atom. The first-order chi connectivity index (χ1) is 13.8. The highest BCUT2D eigenvalue weighted by Crippen LogP contribution is 2.37. The SMILES string of the molecule is COc1ccc(C)c2sc(N(CCN(C)C)C(=O)c3ccccc3[N+](=O)[O-])nc12. The Labute approximate surface area is 172 Å². The number of nitro benzene ring substituents is 1. The second-order valence-corrected chi connectivity index (χ2v) is 7.77. The lowest BCUT2D eigenvalue weighted by molar-refractivity contribution is -0.385. The number of benzene rings is 2. The lowest BCUT2D eigenvalue weighted by atomic mass is 10.1. The van der Waals surface area contributed by atoms with Crippen molar-refractivity contribution in [1.82, 2.24) is 9.88 Å². The first kappa shape index (κ1) is 20.7. The van der Waals surface area contributed by atoms with Crippen LogP contribution in [0.25, 0.3) is 10.2 Å². The average molecular weight is 414 g/mol. The van der Waals surface area contributed by atoms with E-state index in [0.717, 1.165) is 10.3 Å². The minimum atomic E-state index is -0.539. The number of hydrogen-bond acceptors (Lipinski definition) is 7. The van der Waals surface area contributed by atoms with Crippen LogP contribution in [0.1, 0.15) is 15.9 Å². The van der Waals surface area contributed by atoms with Gasteiger partial charge in [-0.25, -0.2) is 4.98 Å². The molecule has 0 bridgehead atoms. The molecule has 152 valence electrons. The Kier molecular flexibility index (Phi) is 6.09. The van der Waals surface area contributed by atoms with E-state index in [1.54, 1.807) is 19.2 Å². The zero-order valence-electron chi connectivity index (χ0n) is 16.7. The molecule has 0 aliphatic rings. The Balaban J connectivity index is 2.11. The van der Waals surface area contributed by atoms with Crippen LogP contribution in [0.3, 0.4) is 0 Å². The molecule has 0 saturated heterocycles. The van der Waals surface area contributed by atoms with Crippen LogP contribution in [0.4, 0.5) is 10.8 Å². The number of amides is 1. The molecule has 0 spiro atoms. The van der Waals surface area contributed by atoms with E-state index < -0.39 is 10.8 Å². The van der Waals surface area contributed by atoms with Crippen molar-refractivity contribution in [3.63, 3.8) is 0 Å². The van der Waals surface area contributed by atoms with Crippen LogP contribution < -0.4 is 9.64 Å². The molecule has 8 nitrogen and oxygen atoms in total. The smallest absolute Gasteiger partial charge is 0.282 e. The summed E-state index contributed by atoms with van der Waals surface area (Å²) in [6.45, 7) is 2.90. The first-order valence-corrected chi connectivity index (χ1v) is 9.79. The summed E-state index contributed by atoms with van der Waals surface area (Å²) in [5, 5.41) is 11.9. The maximum absolute atomic E-state index is 13.3. The predicted octanol–water partition coefficient (Wildman–Crippen LogP) is 3.73. The van der Waals surface area contributed by atoms with Gasteiger partial charge in [0, 0.05) is 19.2 Å². The number of carbonyl (C=O) groups excluding carboxylic acids is 1. The molecule has 1 aromatic heterocycles. The van der Waals surface area contributed by atoms with Crippen molar-refractivity contribution in [3.05, 3.63) is 57.6 Å². The van der Waals surface area contributed by atoms with E-state index in [2.05, 4.69) is 4.98 Å². The fourth-order valence-corrected chi connectivity index (χ4v) is 4.00. The van der Waals surface area contributed by atoms with Gasteiger partial charge >= 0.3 is 0 Å². The normalized spacial score (nSPS) is 11.1. The molecule has 2 aromatic carbocycles. The molecular formula is C20H22N4O4S.